The zero-order valence-electron chi connectivity index (χ0n) is 22.8. The summed E-state index contributed by atoms with van der Waals surface area (Å²) in [4.78, 5) is 46.8. The molecular weight excluding hydrogens is 649 g/mol. The molecule has 0 bridgehead atoms. The van der Waals surface area contributed by atoms with Gasteiger partial charge in [0.05, 0.1) is 28.4 Å². The van der Waals surface area contributed by atoms with Gasteiger partial charge in [-0.1, -0.05) is 41.0 Å². The summed E-state index contributed by atoms with van der Waals surface area (Å²) in [6, 6.07) is 7.67. The number of H-pyrrole nitrogens is 1. The molecule has 1 fully saturated rings. The predicted molar refractivity (Wildman–Crippen MR) is 160 cm³/mol. The van der Waals surface area contributed by atoms with Crippen molar-refractivity contribution in [3.63, 3.8) is 0 Å². The van der Waals surface area contributed by atoms with Crippen molar-refractivity contribution in [2.24, 2.45) is 0 Å². The zero-order chi connectivity index (χ0) is 31.2. The Morgan fingerprint density at radius 1 is 1.19 bits per heavy atom. The van der Waals surface area contributed by atoms with Crippen molar-refractivity contribution in [2.75, 3.05) is 38.8 Å². The number of amides is 3. The zero-order valence-corrected chi connectivity index (χ0v) is 25.9. The lowest BCUT2D eigenvalue weighted by atomic mass is 10.0. The van der Waals surface area contributed by atoms with Crippen molar-refractivity contribution >= 4 is 64.2 Å². The second kappa shape index (κ2) is 12.2. The van der Waals surface area contributed by atoms with Crippen molar-refractivity contribution < 1.29 is 28.2 Å². The number of benzene rings is 2. The maximum Gasteiger partial charge on any atom is 0.362 e. The number of fused-ring (bicyclic) bond motifs is 1. The molecule has 228 valence electrons. The second-order valence-corrected chi connectivity index (χ2v) is 12.4. The molecule has 2 aliphatic rings. The number of rotatable bonds is 7. The predicted octanol–water partition coefficient (Wildman–Crippen LogP) is 6.43. The second-order valence-electron chi connectivity index (χ2n) is 10.1. The summed E-state index contributed by atoms with van der Waals surface area (Å²) in [5, 5.41) is 7.32. The molecule has 1 saturated heterocycles. The minimum atomic E-state index is -3.93. The summed E-state index contributed by atoms with van der Waals surface area (Å²) in [5.74, 6) is -0.937. The number of hydrogen-bond acceptors (Lipinski definition) is 6. The largest absolute Gasteiger partial charge is 0.506 e. The molecule has 0 saturated carbocycles. The number of nitrogens with zero attached hydrogens (tertiary/aromatic N) is 3. The number of urea groups is 1. The number of carbonyl (C=O) groups excluding carboxylic acids is 2. The Hall–Kier alpha value is -3.03. The first-order valence-corrected chi connectivity index (χ1v) is 14.9. The van der Waals surface area contributed by atoms with Crippen LogP contribution in [-0.2, 0) is 16.7 Å². The number of carbonyl (C=O) groups is 2. The molecule has 0 spiro atoms. The molecule has 2 aromatic carbocycles. The Balaban J connectivity index is 1.59. The first-order chi connectivity index (χ1) is 20.3. The molecule has 1 atom stereocenters. The number of aromatic nitrogens is 1. The number of anilines is 1. The number of alkyl halides is 3. The smallest absolute Gasteiger partial charge is 0.362 e. The minimum absolute atomic E-state index is 0.00532. The van der Waals surface area contributed by atoms with Gasteiger partial charge in [0.1, 0.15) is 17.0 Å². The van der Waals surface area contributed by atoms with E-state index in [-0.39, 0.29) is 50.5 Å². The van der Waals surface area contributed by atoms with E-state index in [1.54, 1.807) is 24.1 Å². The minimum Gasteiger partial charge on any atom is -0.506 e. The molecule has 43 heavy (non-hydrogen) atoms. The van der Waals surface area contributed by atoms with Crippen molar-refractivity contribution in [2.45, 2.75) is 34.2 Å². The van der Waals surface area contributed by atoms with E-state index >= 15 is 0 Å². The van der Waals surface area contributed by atoms with Crippen LogP contribution in [0.4, 0.5) is 19.3 Å². The highest BCUT2D eigenvalue weighted by Gasteiger charge is 2.39. The Labute approximate surface area is 264 Å². The van der Waals surface area contributed by atoms with E-state index in [9.17, 15) is 28.3 Å². The van der Waals surface area contributed by atoms with Gasteiger partial charge in [-0.2, -0.15) is 8.78 Å². The fraction of sp³-hybridized carbons (Fsp3) is 0.321. The highest BCUT2D eigenvalue weighted by molar-refractivity contribution is 7.99. The summed E-state index contributed by atoms with van der Waals surface area (Å²) < 4.78 is 33.7. The first-order valence-electron chi connectivity index (χ1n) is 13.0. The first kappa shape index (κ1) is 31.4. The van der Waals surface area contributed by atoms with E-state index in [1.807, 2.05) is 4.98 Å². The number of methoxy groups -OCH3 is 1. The van der Waals surface area contributed by atoms with Gasteiger partial charge in [0.15, 0.2) is 0 Å². The van der Waals surface area contributed by atoms with Crippen LogP contribution in [0.25, 0.3) is 0 Å². The van der Waals surface area contributed by atoms with Crippen molar-refractivity contribution in [3.8, 4) is 5.75 Å². The van der Waals surface area contributed by atoms with Crippen molar-refractivity contribution in [1.82, 2.24) is 14.8 Å². The van der Waals surface area contributed by atoms with E-state index in [2.05, 4.69) is 0 Å². The van der Waals surface area contributed by atoms with Gasteiger partial charge >= 0.3 is 11.4 Å². The Kier molecular flexibility index (Phi) is 8.88. The molecule has 3 aromatic rings. The fourth-order valence-electron chi connectivity index (χ4n) is 5.20. The third kappa shape index (κ3) is 6.03. The SMILES string of the molecule is COCC1c2cc(N3CCCN(C)C3=O)c(O)cc2CN1C(=O)c1c(Sc2c(Cl)cccc2Cl)cc(C(F)(F)Cl)[nH]c1=O. The molecule has 0 radical (unpaired) electrons. The lowest BCUT2D eigenvalue weighted by Crippen LogP contribution is -2.47. The highest BCUT2D eigenvalue weighted by atomic mass is 35.5. The summed E-state index contributed by atoms with van der Waals surface area (Å²) in [6.07, 6.45) is 0.695. The fourth-order valence-corrected chi connectivity index (χ4v) is 6.94. The van der Waals surface area contributed by atoms with E-state index in [0.29, 0.717) is 30.6 Å². The molecule has 2 aliphatic heterocycles. The number of nitrogens with one attached hydrogen (secondary N) is 1. The van der Waals surface area contributed by atoms with Crippen LogP contribution in [-0.4, -0.2) is 65.7 Å². The Morgan fingerprint density at radius 2 is 1.88 bits per heavy atom. The van der Waals surface area contributed by atoms with Crippen molar-refractivity contribution in [1.29, 1.82) is 0 Å². The number of aromatic amines is 1. The molecule has 9 nitrogen and oxygen atoms in total. The Bertz CT molecular complexity index is 1650. The standard InChI is InChI=1S/C28H25Cl3F2N4O5S/c1-35-7-4-8-36(27(35)41)18-10-15-14(9-20(18)38)12-37(19(15)13-42-2)26(40)23-21(11-22(28(31,32)33)34-25(23)39)43-24-16(29)5-3-6-17(24)30/h3,5-6,9-11,19,38H,4,7-8,12-13H2,1-2H3,(H,34,39). The van der Waals surface area contributed by atoms with Gasteiger partial charge in [-0.15, -0.1) is 0 Å². The number of pyridine rings is 1. The normalized spacial score (nSPS) is 17.0. The van der Waals surface area contributed by atoms with Gasteiger partial charge in [-0.05, 0) is 59.5 Å². The van der Waals surface area contributed by atoms with Crippen LogP contribution in [0, 0.1) is 0 Å². The molecule has 1 aromatic heterocycles. The maximum atomic E-state index is 14.1. The average molecular weight is 674 g/mol. The van der Waals surface area contributed by atoms with E-state index < -0.39 is 34.1 Å². The number of ether oxygens (including phenoxy) is 1. The monoisotopic (exact) mass is 672 g/mol. The summed E-state index contributed by atoms with van der Waals surface area (Å²) in [6.45, 7) is 0.947. The molecule has 0 aliphatic carbocycles. The molecule has 3 heterocycles. The van der Waals surface area contributed by atoms with Crippen LogP contribution in [0.3, 0.4) is 0 Å². The molecule has 3 amide bonds. The summed E-state index contributed by atoms with van der Waals surface area (Å²) in [5.41, 5.74) is -0.985. The summed E-state index contributed by atoms with van der Waals surface area (Å²) in [7, 11) is 3.11. The van der Waals surface area contributed by atoms with Crippen molar-refractivity contribution in [3.05, 3.63) is 79.2 Å². The topological polar surface area (TPSA) is 106 Å². The molecule has 1 unspecified atom stereocenters. The van der Waals surface area contributed by atoms with Crippen LogP contribution in [0.15, 0.2) is 51.0 Å². The quantitative estimate of drug-likeness (QED) is 0.280. The molecule has 5 rings (SSSR count). The van der Waals surface area contributed by atoms with Gasteiger partial charge in [-0.25, -0.2) is 4.79 Å². The number of phenols is 1. The van der Waals surface area contributed by atoms with Gasteiger partial charge < -0.3 is 24.6 Å². The number of phenolic OH excluding ortho intramolecular Hbond substituents is 1. The van der Waals surface area contributed by atoms with Gasteiger partial charge in [0, 0.05) is 43.6 Å². The third-order valence-corrected chi connectivity index (χ3v) is 9.51. The molecule has 2 N–H and O–H groups in total. The third-order valence-electron chi connectivity index (χ3n) is 7.27. The van der Waals surface area contributed by atoms with Crippen LogP contribution in [0.2, 0.25) is 10.0 Å². The highest BCUT2D eigenvalue weighted by Crippen LogP contribution is 2.44. The number of aromatic hydroxyl groups is 1. The van der Waals surface area contributed by atoms with E-state index in [1.165, 1.54) is 35.1 Å². The van der Waals surface area contributed by atoms with E-state index in [4.69, 9.17) is 39.5 Å². The van der Waals surface area contributed by atoms with Crippen LogP contribution >= 0.6 is 46.6 Å². The van der Waals surface area contributed by atoms with Crippen LogP contribution < -0.4 is 10.5 Å². The molecule has 15 heteroatoms. The molecular formula is C28H25Cl3F2N4O5S. The summed E-state index contributed by atoms with van der Waals surface area (Å²) >= 11 is 18.6. The number of hydrogen-bond donors (Lipinski definition) is 2. The Morgan fingerprint density at radius 3 is 2.53 bits per heavy atom. The maximum absolute atomic E-state index is 14.1. The van der Waals surface area contributed by atoms with Crippen LogP contribution in [0.1, 0.15) is 39.6 Å². The van der Waals surface area contributed by atoms with Gasteiger partial charge in [0.25, 0.3) is 11.5 Å². The lowest BCUT2D eigenvalue weighted by Gasteiger charge is -2.34. The van der Waals surface area contributed by atoms with Crippen LogP contribution in [0.5, 0.6) is 5.75 Å². The number of halogens is 5. The lowest BCUT2D eigenvalue weighted by molar-refractivity contribution is 0.0553. The van der Waals surface area contributed by atoms with E-state index in [0.717, 1.165) is 17.8 Å². The van der Waals surface area contributed by atoms with Gasteiger partial charge in [0.2, 0.25) is 0 Å². The van der Waals surface area contributed by atoms with Gasteiger partial charge in [-0.3, -0.25) is 14.5 Å². The average Bonchev–Trinajstić information content (AvgIpc) is 3.28.